The van der Waals surface area contributed by atoms with Gasteiger partial charge in [0.15, 0.2) is 0 Å². The molecule has 0 saturated heterocycles. The van der Waals surface area contributed by atoms with Gasteiger partial charge in [-0.25, -0.2) is 0 Å². The number of carbonyl (C=O) groups is 1. The lowest BCUT2D eigenvalue weighted by molar-refractivity contribution is 0.0692. The molecule has 0 radical (unpaired) electrons. The summed E-state index contributed by atoms with van der Waals surface area (Å²) in [5.74, 6) is 1.75. The Morgan fingerprint density at radius 2 is 1.96 bits per heavy atom. The third kappa shape index (κ3) is 4.09. The molecule has 0 N–H and O–H groups in total. The Balaban J connectivity index is 1.74. The van der Waals surface area contributed by atoms with Crippen molar-refractivity contribution in [1.82, 2.24) is 10.1 Å². The average molecular weight is 359 g/mol. The lowest BCUT2D eigenvalue weighted by Gasteiger charge is -2.31. The van der Waals surface area contributed by atoms with Gasteiger partial charge < -0.3 is 9.42 Å². The van der Waals surface area contributed by atoms with Crippen LogP contribution in [0.3, 0.4) is 0 Å². The summed E-state index contributed by atoms with van der Waals surface area (Å²) in [4.78, 5) is 16.0. The molecule has 2 aromatic rings. The molecular formula is C20H26N2O2S. The van der Waals surface area contributed by atoms with Crippen molar-refractivity contribution >= 4 is 17.7 Å². The van der Waals surface area contributed by atoms with Crippen LogP contribution in [-0.2, 0) is 5.75 Å². The SMILES string of the molecule is Cc1noc(C)c1CSc1ccccc1C(=O)N(C)C1CCCCC1. The number of thioether (sulfide) groups is 1. The zero-order valence-electron chi connectivity index (χ0n) is 15.2. The second kappa shape index (κ2) is 8.09. The Morgan fingerprint density at radius 1 is 1.24 bits per heavy atom. The number of aromatic nitrogens is 1. The number of nitrogens with zero attached hydrogens (tertiary/aromatic N) is 2. The highest BCUT2D eigenvalue weighted by molar-refractivity contribution is 7.98. The van der Waals surface area contributed by atoms with Gasteiger partial charge in [0.05, 0.1) is 11.3 Å². The fourth-order valence-corrected chi connectivity index (χ4v) is 4.65. The molecule has 1 amide bonds. The minimum Gasteiger partial charge on any atom is -0.361 e. The fraction of sp³-hybridized carbons (Fsp3) is 0.500. The standard InChI is InChI=1S/C20H26N2O2S/c1-14-18(15(2)24-21-14)13-25-19-12-8-7-11-17(19)20(23)22(3)16-9-5-4-6-10-16/h7-8,11-12,16H,4-6,9-10,13H2,1-3H3. The summed E-state index contributed by atoms with van der Waals surface area (Å²) >= 11 is 1.68. The third-order valence-electron chi connectivity index (χ3n) is 5.11. The molecule has 0 spiro atoms. The van der Waals surface area contributed by atoms with Crippen molar-refractivity contribution in [2.24, 2.45) is 0 Å². The fourth-order valence-electron chi connectivity index (χ4n) is 3.45. The zero-order valence-corrected chi connectivity index (χ0v) is 16.1. The number of hydrogen-bond donors (Lipinski definition) is 0. The number of rotatable bonds is 5. The van der Waals surface area contributed by atoms with Crippen LogP contribution in [0, 0.1) is 13.8 Å². The first-order valence-corrected chi connectivity index (χ1v) is 9.97. The number of aryl methyl sites for hydroxylation is 2. The summed E-state index contributed by atoms with van der Waals surface area (Å²) in [6.45, 7) is 3.89. The summed E-state index contributed by atoms with van der Waals surface area (Å²) in [6.07, 6.45) is 5.99. The largest absolute Gasteiger partial charge is 0.361 e. The van der Waals surface area contributed by atoms with E-state index in [0.29, 0.717) is 6.04 Å². The van der Waals surface area contributed by atoms with E-state index in [4.69, 9.17) is 4.52 Å². The van der Waals surface area contributed by atoms with E-state index in [0.717, 1.165) is 46.1 Å². The van der Waals surface area contributed by atoms with Crippen molar-refractivity contribution in [3.05, 3.63) is 46.8 Å². The molecule has 1 aromatic carbocycles. The molecule has 1 heterocycles. The quantitative estimate of drug-likeness (QED) is 0.707. The van der Waals surface area contributed by atoms with Gasteiger partial charge in [-0.05, 0) is 38.8 Å². The molecule has 0 unspecified atom stereocenters. The van der Waals surface area contributed by atoms with Crippen LogP contribution in [0.4, 0.5) is 0 Å². The summed E-state index contributed by atoms with van der Waals surface area (Å²) < 4.78 is 5.24. The molecule has 5 heteroatoms. The molecule has 25 heavy (non-hydrogen) atoms. The van der Waals surface area contributed by atoms with E-state index in [1.54, 1.807) is 11.8 Å². The topological polar surface area (TPSA) is 46.3 Å². The summed E-state index contributed by atoms with van der Waals surface area (Å²) in [5, 5.41) is 4.01. The van der Waals surface area contributed by atoms with E-state index in [9.17, 15) is 4.79 Å². The molecule has 134 valence electrons. The van der Waals surface area contributed by atoms with Gasteiger partial charge in [-0.15, -0.1) is 11.8 Å². The molecule has 0 bridgehead atoms. The van der Waals surface area contributed by atoms with Crippen molar-refractivity contribution in [3.63, 3.8) is 0 Å². The van der Waals surface area contributed by atoms with Gasteiger partial charge >= 0.3 is 0 Å². The number of amides is 1. The Hall–Kier alpha value is -1.75. The van der Waals surface area contributed by atoms with Gasteiger partial charge in [0.25, 0.3) is 5.91 Å². The molecule has 4 nitrogen and oxygen atoms in total. The van der Waals surface area contributed by atoms with Crippen molar-refractivity contribution in [2.75, 3.05) is 7.05 Å². The smallest absolute Gasteiger partial charge is 0.254 e. The Labute approximate surface area is 154 Å². The molecule has 0 atom stereocenters. The van der Waals surface area contributed by atoms with Crippen LogP contribution in [0.15, 0.2) is 33.7 Å². The molecule has 3 rings (SSSR count). The van der Waals surface area contributed by atoms with Crippen LogP contribution in [0.2, 0.25) is 0 Å². The second-order valence-corrected chi connectivity index (χ2v) is 7.81. The lowest BCUT2D eigenvalue weighted by atomic mass is 9.94. The number of carbonyl (C=O) groups excluding carboxylic acids is 1. The van der Waals surface area contributed by atoms with E-state index >= 15 is 0 Å². The van der Waals surface area contributed by atoms with E-state index in [2.05, 4.69) is 5.16 Å². The molecule has 1 aliphatic carbocycles. The van der Waals surface area contributed by atoms with E-state index in [1.807, 2.05) is 50.1 Å². The van der Waals surface area contributed by atoms with Crippen LogP contribution in [0.1, 0.15) is 59.5 Å². The third-order valence-corrected chi connectivity index (χ3v) is 6.21. The van der Waals surface area contributed by atoms with Crippen LogP contribution >= 0.6 is 11.8 Å². The highest BCUT2D eigenvalue weighted by Gasteiger charge is 2.24. The van der Waals surface area contributed by atoms with Crippen molar-refractivity contribution in [2.45, 2.75) is 62.6 Å². The molecule has 1 aliphatic rings. The second-order valence-electron chi connectivity index (χ2n) is 6.80. The normalized spacial score (nSPS) is 15.3. The zero-order chi connectivity index (χ0) is 17.8. The van der Waals surface area contributed by atoms with Gasteiger partial charge in [0.2, 0.25) is 0 Å². The van der Waals surface area contributed by atoms with Crippen molar-refractivity contribution < 1.29 is 9.32 Å². The average Bonchev–Trinajstić information content (AvgIpc) is 2.97. The Bertz CT molecular complexity index is 716. The molecule has 1 aromatic heterocycles. The van der Waals surface area contributed by atoms with E-state index in [-0.39, 0.29) is 5.91 Å². The first-order chi connectivity index (χ1) is 12.1. The van der Waals surface area contributed by atoms with E-state index < -0.39 is 0 Å². The van der Waals surface area contributed by atoms with Crippen molar-refractivity contribution in [3.8, 4) is 0 Å². The maximum atomic E-state index is 13.0. The summed E-state index contributed by atoms with van der Waals surface area (Å²) in [5.41, 5.74) is 2.84. The maximum absolute atomic E-state index is 13.0. The molecule has 0 aliphatic heterocycles. The van der Waals surface area contributed by atoms with Gasteiger partial charge in [0, 0.05) is 29.3 Å². The maximum Gasteiger partial charge on any atom is 0.254 e. The first kappa shape index (κ1) is 18.1. The van der Waals surface area contributed by atoms with Gasteiger partial charge in [-0.2, -0.15) is 0 Å². The predicted octanol–water partition coefficient (Wildman–Crippen LogP) is 4.99. The first-order valence-electron chi connectivity index (χ1n) is 8.98. The van der Waals surface area contributed by atoms with Crippen LogP contribution in [-0.4, -0.2) is 29.1 Å². The highest BCUT2D eigenvalue weighted by Crippen LogP contribution is 2.30. The Kier molecular flexibility index (Phi) is 5.84. The lowest BCUT2D eigenvalue weighted by Crippen LogP contribution is -2.38. The van der Waals surface area contributed by atoms with Gasteiger partial charge in [0.1, 0.15) is 5.76 Å². The van der Waals surface area contributed by atoms with Crippen LogP contribution < -0.4 is 0 Å². The number of benzene rings is 1. The minimum absolute atomic E-state index is 0.133. The van der Waals surface area contributed by atoms with Crippen LogP contribution in [0.25, 0.3) is 0 Å². The predicted molar refractivity (Wildman–Crippen MR) is 101 cm³/mol. The molecule has 1 fully saturated rings. The minimum atomic E-state index is 0.133. The molecular weight excluding hydrogens is 332 g/mol. The van der Waals surface area contributed by atoms with Crippen LogP contribution in [0.5, 0.6) is 0 Å². The summed E-state index contributed by atoms with van der Waals surface area (Å²) in [6, 6.07) is 8.29. The monoisotopic (exact) mass is 358 g/mol. The van der Waals surface area contributed by atoms with E-state index in [1.165, 1.54) is 19.3 Å². The van der Waals surface area contributed by atoms with Gasteiger partial charge in [-0.1, -0.05) is 36.6 Å². The van der Waals surface area contributed by atoms with Crippen molar-refractivity contribution in [1.29, 1.82) is 0 Å². The number of hydrogen-bond acceptors (Lipinski definition) is 4. The van der Waals surface area contributed by atoms with Gasteiger partial charge in [-0.3, -0.25) is 4.79 Å². The Morgan fingerprint density at radius 3 is 2.64 bits per heavy atom. The summed E-state index contributed by atoms with van der Waals surface area (Å²) in [7, 11) is 1.95. The highest BCUT2D eigenvalue weighted by atomic mass is 32.2. The molecule has 1 saturated carbocycles.